The zero-order valence-corrected chi connectivity index (χ0v) is 8.87. The summed E-state index contributed by atoms with van der Waals surface area (Å²) in [6.45, 7) is 1.22. The van der Waals surface area contributed by atoms with Gasteiger partial charge in [0, 0.05) is 32.5 Å². The van der Waals surface area contributed by atoms with Crippen molar-refractivity contribution in [1.29, 1.82) is 0 Å². The Morgan fingerprint density at radius 1 is 1.56 bits per heavy atom. The lowest BCUT2D eigenvalue weighted by Crippen LogP contribution is -2.27. The number of aromatic nitrogens is 5. The maximum Gasteiger partial charge on any atom is 0.273 e. The highest BCUT2D eigenvalue weighted by molar-refractivity contribution is 5.91. The van der Waals surface area contributed by atoms with Crippen molar-refractivity contribution < 1.29 is 4.79 Å². The third-order valence-electron chi connectivity index (χ3n) is 2.05. The average molecular weight is 220 g/mol. The van der Waals surface area contributed by atoms with E-state index in [0.29, 0.717) is 18.8 Å². The first-order valence-corrected chi connectivity index (χ1v) is 4.86. The van der Waals surface area contributed by atoms with Gasteiger partial charge in [0.25, 0.3) is 5.91 Å². The van der Waals surface area contributed by atoms with Crippen molar-refractivity contribution in [3.63, 3.8) is 0 Å². The van der Waals surface area contributed by atoms with Crippen molar-refractivity contribution >= 4 is 5.91 Å². The molecule has 7 nitrogen and oxygen atoms in total. The molecule has 0 aliphatic carbocycles. The number of rotatable bonds is 4. The van der Waals surface area contributed by atoms with Crippen LogP contribution in [-0.2, 0) is 13.6 Å². The molecular formula is C9H12N6O. The summed E-state index contributed by atoms with van der Waals surface area (Å²) < 4.78 is 3.38. The molecule has 2 aromatic heterocycles. The summed E-state index contributed by atoms with van der Waals surface area (Å²) in [5.74, 6) is -0.215. The SMILES string of the molecule is Cn1cc(C(=O)NCCn2ccnc2)nn1. The highest BCUT2D eigenvalue weighted by atomic mass is 16.2. The highest BCUT2D eigenvalue weighted by Gasteiger charge is 2.08. The molecule has 0 radical (unpaired) electrons. The minimum absolute atomic E-state index is 0.215. The van der Waals surface area contributed by atoms with Gasteiger partial charge in [-0.25, -0.2) is 4.98 Å². The molecule has 2 rings (SSSR count). The zero-order valence-electron chi connectivity index (χ0n) is 8.87. The molecule has 2 aromatic rings. The van der Waals surface area contributed by atoms with Gasteiger partial charge in [-0.3, -0.25) is 9.48 Å². The van der Waals surface area contributed by atoms with Crippen LogP contribution in [0.4, 0.5) is 0 Å². The Kier molecular flexibility index (Phi) is 2.95. The first-order valence-electron chi connectivity index (χ1n) is 4.86. The number of hydrogen-bond acceptors (Lipinski definition) is 4. The normalized spacial score (nSPS) is 10.3. The van der Waals surface area contributed by atoms with Gasteiger partial charge < -0.3 is 9.88 Å². The van der Waals surface area contributed by atoms with Crippen LogP contribution < -0.4 is 5.32 Å². The molecule has 0 saturated heterocycles. The van der Waals surface area contributed by atoms with Gasteiger partial charge in [-0.15, -0.1) is 5.10 Å². The van der Waals surface area contributed by atoms with Crippen LogP contribution in [0.2, 0.25) is 0 Å². The fourth-order valence-corrected chi connectivity index (χ4v) is 1.26. The number of amides is 1. The first-order chi connectivity index (χ1) is 7.75. The van der Waals surface area contributed by atoms with E-state index in [0.717, 1.165) is 0 Å². The van der Waals surface area contributed by atoms with E-state index in [9.17, 15) is 4.79 Å². The second kappa shape index (κ2) is 4.56. The second-order valence-electron chi connectivity index (χ2n) is 3.33. The van der Waals surface area contributed by atoms with Crippen molar-refractivity contribution in [3.05, 3.63) is 30.6 Å². The third kappa shape index (κ3) is 2.44. The molecule has 0 fully saturated rings. The molecule has 1 N–H and O–H groups in total. The van der Waals surface area contributed by atoms with E-state index in [2.05, 4.69) is 20.6 Å². The fourth-order valence-electron chi connectivity index (χ4n) is 1.26. The summed E-state index contributed by atoms with van der Waals surface area (Å²) in [6, 6.07) is 0. The minimum Gasteiger partial charge on any atom is -0.349 e. The minimum atomic E-state index is -0.215. The Morgan fingerprint density at radius 2 is 2.44 bits per heavy atom. The summed E-state index contributed by atoms with van der Waals surface area (Å²) in [5.41, 5.74) is 0.327. The van der Waals surface area contributed by atoms with Gasteiger partial charge >= 0.3 is 0 Å². The number of imidazole rings is 1. The topological polar surface area (TPSA) is 77.6 Å². The maximum absolute atomic E-state index is 11.5. The molecule has 0 aromatic carbocycles. The number of hydrogen-bond donors (Lipinski definition) is 1. The van der Waals surface area contributed by atoms with Crippen LogP contribution in [0.15, 0.2) is 24.9 Å². The molecule has 0 aliphatic heterocycles. The van der Waals surface area contributed by atoms with E-state index in [4.69, 9.17) is 0 Å². The molecule has 16 heavy (non-hydrogen) atoms. The van der Waals surface area contributed by atoms with Gasteiger partial charge in [0.05, 0.1) is 12.5 Å². The number of aryl methyl sites for hydroxylation is 1. The largest absolute Gasteiger partial charge is 0.349 e. The van der Waals surface area contributed by atoms with E-state index in [1.807, 2.05) is 10.8 Å². The van der Waals surface area contributed by atoms with Gasteiger partial charge in [0.2, 0.25) is 0 Å². The van der Waals surface area contributed by atoms with Crippen LogP contribution in [0.25, 0.3) is 0 Å². The Balaban J connectivity index is 1.80. The summed E-state index contributed by atoms with van der Waals surface area (Å²) in [5, 5.41) is 10.1. The lowest BCUT2D eigenvalue weighted by molar-refractivity contribution is 0.0947. The molecule has 0 aliphatic rings. The molecule has 0 atom stereocenters. The zero-order chi connectivity index (χ0) is 11.4. The molecule has 0 spiro atoms. The third-order valence-corrected chi connectivity index (χ3v) is 2.05. The molecular weight excluding hydrogens is 208 g/mol. The van der Waals surface area contributed by atoms with Crippen LogP contribution in [0.1, 0.15) is 10.5 Å². The number of nitrogens with zero attached hydrogens (tertiary/aromatic N) is 5. The molecule has 1 amide bonds. The van der Waals surface area contributed by atoms with Gasteiger partial charge in [0.1, 0.15) is 0 Å². The average Bonchev–Trinajstić information content (AvgIpc) is 2.89. The molecule has 2 heterocycles. The highest BCUT2D eigenvalue weighted by Crippen LogP contribution is 1.91. The lowest BCUT2D eigenvalue weighted by Gasteiger charge is -2.03. The van der Waals surface area contributed by atoms with Gasteiger partial charge in [-0.05, 0) is 0 Å². The number of nitrogens with one attached hydrogen (secondary N) is 1. The van der Waals surface area contributed by atoms with E-state index in [1.165, 1.54) is 4.68 Å². The van der Waals surface area contributed by atoms with Crippen molar-refractivity contribution in [2.45, 2.75) is 6.54 Å². The summed E-state index contributed by atoms with van der Waals surface area (Å²) in [6.07, 6.45) is 6.82. The number of carbonyl (C=O) groups excluding carboxylic acids is 1. The quantitative estimate of drug-likeness (QED) is 0.749. The van der Waals surface area contributed by atoms with E-state index < -0.39 is 0 Å². The fraction of sp³-hybridized carbons (Fsp3) is 0.333. The van der Waals surface area contributed by atoms with Gasteiger partial charge in [-0.1, -0.05) is 5.21 Å². The lowest BCUT2D eigenvalue weighted by atomic mass is 10.4. The Hall–Kier alpha value is -2.18. The van der Waals surface area contributed by atoms with Crippen LogP contribution in [-0.4, -0.2) is 37.0 Å². The van der Waals surface area contributed by atoms with Gasteiger partial charge in [0.15, 0.2) is 5.69 Å². The van der Waals surface area contributed by atoms with Crippen molar-refractivity contribution in [1.82, 2.24) is 29.9 Å². The number of carbonyl (C=O) groups is 1. The van der Waals surface area contributed by atoms with E-state index in [-0.39, 0.29) is 5.91 Å². The Labute approximate surface area is 92.1 Å². The first kappa shape index (κ1) is 10.3. The molecule has 0 saturated carbocycles. The van der Waals surface area contributed by atoms with E-state index in [1.54, 1.807) is 25.8 Å². The smallest absolute Gasteiger partial charge is 0.273 e. The Bertz CT molecular complexity index is 460. The molecule has 0 bridgehead atoms. The standard InChI is InChI=1S/C9H12N6O/c1-14-6-8(12-13-14)9(16)11-3-5-15-4-2-10-7-15/h2,4,6-7H,3,5H2,1H3,(H,11,16). The summed E-state index contributed by atoms with van der Waals surface area (Å²) in [7, 11) is 1.72. The molecule has 84 valence electrons. The van der Waals surface area contributed by atoms with Crippen molar-refractivity contribution in [3.8, 4) is 0 Å². The summed E-state index contributed by atoms with van der Waals surface area (Å²) >= 11 is 0. The van der Waals surface area contributed by atoms with Crippen molar-refractivity contribution in [2.24, 2.45) is 7.05 Å². The molecule has 0 unspecified atom stereocenters. The summed E-state index contributed by atoms with van der Waals surface area (Å²) in [4.78, 5) is 15.4. The van der Waals surface area contributed by atoms with Crippen molar-refractivity contribution in [2.75, 3.05) is 6.54 Å². The maximum atomic E-state index is 11.5. The van der Waals surface area contributed by atoms with E-state index >= 15 is 0 Å². The predicted molar refractivity (Wildman–Crippen MR) is 55.6 cm³/mol. The van der Waals surface area contributed by atoms with Gasteiger partial charge in [-0.2, -0.15) is 0 Å². The Morgan fingerprint density at radius 3 is 3.06 bits per heavy atom. The predicted octanol–water partition coefficient (Wildman–Crippen LogP) is -0.558. The van der Waals surface area contributed by atoms with Crippen LogP contribution in [0.3, 0.4) is 0 Å². The monoisotopic (exact) mass is 220 g/mol. The second-order valence-corrected chi connectivity index (χ2v) is 3.33. The van der Waals surface area contributed by atoms with Crippen LogP contribution in [0, 0.1) is 0 Å². The van der Waals surface area contributed by atoms with Crippen LogP contribution >= 0.6 is 0 Å². The van der Waals surface area contributed by atoms with Crippen LogP contribution in [0.5, 0.6) is 0 Å². The molecule has 7 heteroatoms.